The summed E-state index contributed by atoms with van der Waals surface area (Å²) in [5.74, 6) is 2.08. The molecule has 1 heterocycles. The predicted molar refractivity (Wildman–Crippen MR) is 95.1 cm³/mol. The van der Waals surface area contributed by atoms with E-state index in [0.717, 1.165) is 16.6 Å². The van der Waals surface area contributed by atoms with Crippen LogP contribution in [0.3, 0.4) is 0 Å². The summed E-state index contributed by atoms with van der Waals surface area (Å²) >= 11 is 5.11. The first-order chi connectivity index (χ1) is 11.2. The number of nitrogens with zero attached hydrogens (tertiary/aromatic N) is 2. The van der Waals surface area contributed by atoms with Gasteiger partial charge in [-0.3, -0.25) is 0 Å². The summed E-state index contributed by atoms with van der Waals surface area (Å²) in [7, 11) is 3.25. The molecule has 0 aliphatic heterocycles. The van der Waals surface area contributed by atoms with Crippen molar-refractivity contribution in [2.24, 2.45) is 5.73 Å². The summed E-state index contributed by atoms with van der Waals surface area (Å²) in [5.41, 5.74) is 8.39. The lowest BCUT2D eigenvalue weighted by Crippen LogP contribution is -2.17. The molecule has 23 heavy (non-hydrogen) atoms. The van der Waals surface area contributed by atoms with Crippen LogP contribution in [0.5, 0.6) is 11.5 Å². The lowest BCUT2D eigenvalue weighted by atomic mass is 10.1. The molecule has 0 bridgehead atoms. The lowest BCUT2D eigenvalue weighted by Gasteiger charge is -2.14. The Morgan fingerprint density at radius 2 is 1.74 bits per heavy atom. The maximum atomic E-state index is 5.78. The molecule has 5 nitrogen and oxygen atoms in total. The Kier molecular flexibility index (Phi) is 4.16. The summed E-state index contributed by atoms with van der Waals surface area (Å²) in [6.45, 7) is 0.395. The largest absolute Gasteiger partial charge is 0.496 e. The molecular weight excluding hydrogens is 310 g/mol. The number of thiocarbonyl (C=S) groups is 1. The molecule has 0 unspecified atom stereocenters. The molecule has 3 aromatic rings. The molecule has 0 radical (unpaired) electrons. The topological polar surface area (TPSA) is 62.3 Å². The van der Waals surface area contributed by atoms with Gasteiger partial charge in [0.1, 0.15) is 22.9 Å². The van der Waals surface area contributed by atoms with E-state index in [2.05, 4.69) is 0 Å². The van der Waals surface area contributed by atoms with Crippen LogP contribution in [-0.2, 0) is 6.54 Å². The summed E-state index contributed by atoms with van der Waals surface area (Å²) < 4.78 is 13.0. The van der Waals surface area contributed by atoms with Crippen LogP contribution in [0.2, 0.25) is 0 Å². The second-order valence-corrected chi connectivity index (χ2v) is 5.54. The molecular formula is C17H17N3O2S. The van der Waals surface area contributed by atoms with Gasteiger partial charge in [-0.25, -0.2) is 4.98 Å². The summed E-state index contributed by atoms with van der Waals surface area (Å²) in [6, 6.07) is 13.5. The Labute approximate surface area is 139 Å². The van der Waals surface area contributed by atoms with Gasteiger partial charge in [-0.2, -0.15) is 0 Å². The van der Waals surface area contributed by atoms with Crippen LogP contribution < -0.4 is 15.2 Å². The maximum Gasteiger partial charge on any atom is 0.149 e. The summed E-state index contributed by atoms with van der Waals surface area (Å²) in [5, 5.41) is 0. The molecule has 0 fully saturated rings. The standard InChI is InChI=1S/C17H17N3O2S/c1-21-13-8-5-9-14(22-2)16(13)17-19-11-6-3-4-7-12(11)20(17)10-15(18)23/h3-9H,10H2,1-2H3,(H2,18,23). The Balaban J connectivity index is 2.34. The van der Waals surface area contributed by atoms with E-state index in [1.165, 1.54) is 0 Å². The third kappa shape index (κ3) is 2.73. The lowest BCUT2D eigenvalue weighted by molar-refractivity contribution is 0.396. The number of benzene rings is 2. The highest BCUT2D eigenvalue weighted by Gasteiger charge is 2.20. The molecule has 0 amide bonds. The van der Waals surface area contributed by atoms with E-state index in [9.17, 15) is 0 Å². The van der Waals surface area contributed by atoms with Crippen molar-refractivity contribution in [2.75, 3.05) is 14.2 Å². The predicted octanol–water partition coefficient (Wildman–Crippen LogP) is 3.01. The average molecular weight is 327 g/mol. The van der Waals surface area contributed by atoms with Crippen molar-refractivity contribution in [3.8, 4) is 22.9 Å². The highest BCUT2D eigenvalue weighted by atomic mass is 32.1. The SMILES string of the molecule is COc1cccc(OC)c1-c1nc2ccccc2n1CC(N)=S. The number of hydrogen-bond donors (Lipinski definition) is 1. The highest BCUT2D eigenvalue weighted by Crippen LogP contribution is 2.39. The molecule has 2 aromatic carbocycles. The smallest absolute Gasteiger partial charge is 0.149 e. The fraction of sp³-hybridized carbons (Fsp3) is 0.176. The van der Waals surface area contributed by atoms with E-state index in [0.29, 0.717) is 28.9 Å². The van der Waals surface area contributed by atoms with E-state index >= 15 is 0 Å². The van der Waals surface area contributed by atoms with Gasteiger partial charge in [-0.15, -0.1) is 0 Å². The Morgan fingerprint density at radius 3 is 2.35 bits per heavy atom. The molecule has 0 aliphatic carbocycles. The Hall–Kier alpha value is -2.60. The quantitative estimate of drug-likeness (QED) is 0.730. The molecule has 0 saturated carbocycles. The number of fused-ring (bicyclic) bond motifs is 1. The monoisotopic (exact) mass is 327 g/mol. The van der Waals surface area contributed by atoms with Gasteiger partial charge < -0.3 is 19.8 Å². The molecule has 0 saturated heterocycles. The number of ether oxygens (including phenoxy) is 2. The van der Waals surface area contributed by atoms with Crippen LogP contribution in [0.4, 0.5) is 0 Å². The van der Waals surface area contributed by atoms with Crippen molar-refractivity contribution in [1.29, 1.82) is 0 Å². The van der Waals surface area contributed by atoms with Gasteiger partial charge in [0.05, 0.1) is 36.8 Å². The van der Waals surface area contributed by atoms with E-state index in [1.807, 2.05) is 47.0 Å². The first-order valence-corrected chi connectivity index (χ1v) is 7.51. The zero-order valence-electron chi connectivity index (χ0n) is 12.9. The van der Waals surface area contributed by atoms with E-state index in [4.69, 9.17) is 32.4 Å². The molecule has 3 rings (SSSR count). The average Bonchev–Trinajstić information content (AvgIpc) is 2.91. The number of rotatable bonds is 5. The fourth-order valence-corrected chi connectivity index (χ4v) is 2.78. The molecule has 118 valence electrons. The van der Waals surface area contributed by atoms with Gasteiger partial charge in [0.25, 0.3) is 0 Å². The van der Waals surface area contributed by atoms with Gasteiger partial charge >= 0.3 is 0 Å². The van der Waals surface area contributed by atoms with Gasteiger partial charge in [0.15, 0.2) is 0 Å². The first kappa shape index (κ1) is 15.3. The van der Waals surface area contributed by atoms with E-state index in [1.54, 1.807) is 14.2 Å². The number of imidazole rings is 1. The van der Waals surface area contributed by atoms with Crippen molar-refractivity contribution >= 4 is 28.2 Å². The second-order valence-electron chi connectivity index (χ2n) is 5.01. The van der Waals surface area contributed by atoms with Gasteiger partial charge in [0, 0.05) is 0 Å². The van der Waals surface area contributed by atoms with Crippen molar-refractivity contribution in [2.45, 2.75) is 6.54 Å². The molecule has 0 spiro atoms. The third-order valence-electron chi connectivity index (χ3n) is 3.62. The molecule has 2 N–H and O–H groups in total. The third-order valence-corrected chi connectivity index (χ3v) is 3.75. The second kappa shape index (κ2) is 6.26. The van der Waals surface area contributed by atoms with Crippen LogP contribution in [0.15, 0.2) is 42.5 Å². The summed E-state index contributed by atoms with van der Waals surface area (Å²) in [4.78, 5) is 5.13. The first-order valence-electron chi connectivity index (χ1n) is 7.10. The molecule has 6 heteroatoms. The van der Waals surface area contributed by atoms with Crippen LogP contribution in [0.25, 0.3) is 22.4 Å². The number of para-hydroxylation sites is 2. The summed E-state index contributed by atoms with van der Waals surface area (Å²) in [6.07, 6.45) is 0. The molecule has 0 aliphatic rings. The number of hydrogen-bond acceptors (Lipinski definition) is 4. The van der Waals surface area contributed by atoms with E-state index in [-0.39, 0.29) is 0 Å². The maximum absolute atomic E-state index is 5.78. The zero-order chi connectivity index (χ0) is 16.4. The number of nitrogens with two attached hydrogens (primary N) is 1. The molecule has 0 atom stereocenters. The number of methoxy groups -OCH3 is 2. The van der Waals surface area contributed by atoms with Crippen molar-refractivity contribution in [3.63, 3.8) is 0 Å². The van der Waals surface area contributed by atoms with Crippen LogP contribution >= 0.6 is 12.2 Å². The minimum atomic E-state index is 0.392. The fourth-order valence-electron chi connectivity index (χ4n) is 2.65. The minimum absolute atomic E-state index is 0.392. The minimum Gasteiger partial charge on any atom is -0.496 e. The van der Waals surface area contributed by atoms with Crippen LogP contribution in [0.1, 0.15) is 0 Å². The Bertz CT molecular complexity index is 851. The van der Waals surface area contributed by atoms with Crippen LogP contribution in [-0.4, -0.2) is 28.8 Å². The van der Waals surface area contributed by atoms with Gasteiger partial charge in [-0.05, 0) is 24.3 Å². The van der Waals surface area contributed by atoms with Crippen molar-refractivity contribution in [3.05, 3.63) is 42.5 Å². The van der Waals surface area contributed by atoms with Crippen molar-refractivity contribution < 1.29 is 9.47 Å². The van der Waals surface area contributed by atoms with Gasteiger partial charge in [-0.1, -0.05) is 30.4 Å². The Morgan fingerprint density at radius 1 is 1.09 bits per heavy atom. The van der Waals surface area contributed by atoms with Gasteiger partial charge in [0.2, 0.25) is 0 Å². The normalized spacial score (nSPS) is 10.7. The van der Waals surface area contributed by atoms with E-state index < -0.39 is 0 Å². The van der Waals surface area contributed by atoms with Crippen molar-refractivity contribution in [1.82, 2.24) is 9.55 Å². The number of aromatic nitrogens is 2. The van der Waals surface area contributed by atoms with Crippen LogP contribution in [0, 0.1) is 0 Å². The highest BCUT2D eigenvalue weighted by molar-refractivity contribution is 7.80. The zero-order valence-corrected chi connectivity index (χ0v) is 13.8. The molecule has 1 aromatic heterocycles.